The van der Waals surface area contributed by atoms with Crippen molar-refractivity contribution in [1.29, 1.82) is 0 Å². The first-order valence-corrected chi connectivity index (χ1v) is 6.80. The molecule has 1 aromatic carbocycles. The first-order valence-electron chi connectivity index (χ1n) is 6.80. The number of benzene rings is 1. The molecule has 2 aliphatic rings. The quantitative estimate of drug-likeness (QED) is 0.785. The Morgan fingerprint density at radius 3 is 2.95 bits per heavy atom. The summed E-state index contributed by atoms with van der Waals surface area (Å²) in [4.78, 5) is 0. The fourth-order valence-corrected chi connectivity index (χ4v) is 2.58. The van der Waals surface area contributed by atoms with Gasteiger partial charge in [-0.15, -0.1) is 10.2 Å². The van der Waals surface area contributed by atoms with Crippen LogP contribution in [0.5, 0.6) is 11.5 Å². The summed E-state index contributed by atoms with van der Waals surface area (Å²) in [6.07, 6.45) is 0.571. The van der Waals surface area contributed by atoms with E-state index < -0.39 is 0 Å². The maximum atomic E-state index is 5.99. The Hall–Kier alpha value is -2.08. The molecule has 4 rings (SSSR count). The van der Waals surface area contributed by atoms with Crippen LogP contribution in [-0.4, -0.2) is 34.6 Å². The van der Waals surface area contributed by atoms with Crippen LogP contribution in [0.15, 0.2) is 24.3 Å². The van der Waals surface area contributed by atoms with Crippen LogP contribution in [0.3, 0.4) is 0 Å². The molecule has 0 aliphatic carbocycles. The number of hydrogen-bond acceptors (Lipinski definition) is 5. The Labute approximate surface area is 116 Å². The number of para-hydroxylation sites is 2. The predicted octanol–water partition coefficient (Wildman–Crippen LogP) is 1.36. The van der Waals surface area contributed by atoms with Gasteiger partial charge in [-0.25, -0.2) is 0 Å². The van der Waals surface area contributed by atoms with Crippen LogP contribution >= 0.6 is 0 Å². The minimum absolute atomic E-state index is 0.218. The van der Waals surface area contributed by atoms with Gasteiger partial charge in [0.2, 0.25) is 0 Å². The van der Waals surface area contributed by atoms with Gasteiger partial charge in [-0.3, -0.25) is 0 Å². The molecule has 1 unspecified atom stereocenters. The van der Waals surface area contributed by atoms with Crippen molar-refractivity contribution in [3.05, 3.63) is 35.9 Å². The molecule has 0 N–H and O–H groups in total. The van der Waals surface area contributed by atoms with Crippen LogP contribution in [0.25, 0.3) is 0 Å². The highest BCUT2D eigenvalue weighted by molar-refractivity contribution is 5.41. The third kappa shape index (κ3) is 1.92. The van der Waals surface area contributed by atoms with Crippen LogP contribution in [0.4, 0.5) is 0 Å². The Bertz CT molecular complexity index is 626. The molecule has 0 saturated carbocycles. The van der Waals surface area contributed by atoms with Crippen molar-refractivity contribution in [2.45, 2.75) is 19.1 Å². The van der Waals surface area contributed by atoms with E-state index in [1.54, 1.807) is 0 Å². The first kappa shape index (κ1) is 11.7. The number of rotatable bonds is 1. The topological polar surface area (TPSA) is 58.4 Å². The summed E-state index contributed by atoms with van der Waals surface area (Å²) in [7, 11) is 0. The van der Waals surface area contributed by atoms with E-state index >= 15 is 0 Å². The second-order valence-corrected chi connectivity index (χ2v) is 4.85. The van der Waals surface area contributed by atoms with Gasteiger partial charge in [0, 0.05) is 13.0 Å². The molecule has 6 nitrogen and oxygen atoms in total. The van der Waals surface area contributed by atoms with Gasteiger partial charge in [-0.1, -0.05) is 12.1 Å². The lowest BCUT2D eigenvalue weighted by atomic mass is 10.2. The van der Waals surface area contributed by atoms with Crippen molar-refractivity contribution < 1.29 is 14.2 Å². The summed E-state index contributed by atoms with van der Waals surface area (Å²) in [5.41, 5.74) is 0. The average molecular weight is 273 g/mol. The van der Waals surface area contributed by atoms with Gasteiger partial charge in [0.05, 0.1) is 13.2 Å². The zero-order valence-corrected chi connectivity index (χ0v) is 11.0. The Balaban J connectivity index is 1.65. The fourth-order valence-electron chi connectivity index (χ4n) is 2.58. The molecule has 1 atom stereocenters. The smallest absolute Gasteiger partial charge is 0.192 e. The molecule has 0 radical (unpaired) electrons. The van der Waals surface area contributed by atoms with Gasteiger partial charge in [0.25, 0.3) is 0 Å². The molecular weight excluding hydrogens is 258 g/mol. The fraction of sp³-hybridized carbons (Fsp3) is 0.429. The van der Waals surface area contributed by atoms with Crippen molar-refractivity contribution in [3.63, 3.8) is 0 Å². The number of hydrogen-bond donors (Lipinski definition) is 0. The van der Waals surface area contributed by atoms with Crippen molar-refractivity contribution >= 4 is 0 Å². The molecule has 0 spiro atoms. The lowest BCUT2D eigenvalue weighted by molar-refractivity contribution is 0.0803. The zero-order valence-electron chi connectivity index (χ0n) is 11.0. The highest BCUT2D eigenvalue weighted by Gasteiger charge is 2.28. The van der Waals surface area contributed by atoms with Gasteiger partial charge < -0.3 is 18.8 Å². The molecule has 2 aliphatic heterocycles. The molecule has 0 bridgehead atoms. The normalized spacial score (nSPS) is 21.1. The molecule has 6 heteroatoms. The van der Waals surface area contributed by atoms with Crippen molar-refractivity contribution in [3.8, 4) is 11.5 Å². The van der Waals surface area contributed by atoms with E-state index in [1.165, 1.54) is 0 Å². The second-order valence-electron chi connectivity index (χ2n) is 4.85. The van der Waals surface area contributed by atoms with Crippen LogP contribution in [0.2, 0.25) is 0 Å². The van der Waals surface area contributed by atoms with E-state index in [-0.39, 0.29) is 6.10 Å². The van der Waals surface area contributed by atoms with E-state index in [0.29, 0.717) is 19.8 Å². The monoisotopic (exact) mass is 273 g/mol. The molecule has 20 heavy (non-hydrogen) atoms. The van der Waals surface area contributed by atoms with E-state index in [4.69, 9.17) is 14.2 Å². The number of fused-ring (bicyclic) bond motifs is 2. The standard InChI is InChI=1S/C14H15N3O3/c1-2-4-11-10(3-1)19-9-12(20-11)14-16-15-13-5-7-18-8-6-17(13)14/h1-4,12H,5-9H2. The van der Waals surface area contributed by atoms with Crippen LogP contribution < -0.4 is 9.47 Å². The van der Waals surface area contributed by atoms with Gasteiger partial charge in [0.15, 0.2) is 23.4 Å². The summed E-state index contributed by atoms with van der Waals surface area (Å²) in [5, 5.41) is 8.53. The lowest BCUT2D eigenvalue weighted by Crippen LogP contribution is -2.25. The Morgan fingerprint density at radius 1 is 1.10 bits per heavy atom. The minimum atomic E-state index is -0.218. The summed E-state index contributed by atoms with van der Waals surface area (Å²) in [6.45, 7) is 2.60. The maximum Gasteiger partial charge on any atom is 0.192 e. The highest BCUT2D eigenvalue weighted by atomic mass is 16.6. The second kappa shape index (κ2) is 4.79. The molecule has 104 valence electrons. The molecule has 1 aromatic heterocycles. The Morgan fingerprint density at radius 2 is 2.00 bits per heavy atom. The number of aromatic nitrogens is 3. The van der Waals surface area contributed by atoms with Gasteiger partial charge in [0.1, 0.15) is 12.4 Å². The summed E-state index contributed by atoms with van der Waals surface area (Å²) in [5.74, 6) is 3.31. The van der Waals surface area contributed by atoms with E-state index in [9.17, 15) is 0 Å². The van der Waals surface area contributed by atoms with Crippen molar-refractivity contribution in [2.75, 3.05) is 19.8 Å². The average Bonchev–Trinajstić information content (AvgIpc) is 2.75. The zero-order chi connectivity index (χ0) is 13.4. The third-order valence-corrected chi connectivity index (χ3v) is 3.58. The third-order valence-electron chi connectivity index (χ3n) is 3.58. The van der Waals surface area contributed by atoms with E-state index in [1.807, 2.05) is 24.3 Å². The van der Waals surface area contributed by atoms with Crippen LogP contribution in [0.1, 0.15) is 17.8 Å². The number of nitrogens with zero attached hydrogens (tertiary/aromatic N) is 3. The van der Waals surface area contributed by atoms with Gasteiger partial charge >= 0.3 is 0 Å². The molecule has 0 amide bonds. The maximum absolute atomic E-state index is 5.99. The van der Waals surface area contributed by atoms with E-state index in [2.05, 4.69) is 14.8 Å². The summed E-state index contributed by atoms with van der Waals surface area (Å²) < 4.78 is 19.3. The number of ether oxygens (including phenoxy) is 3. The molecule has 3 heterocycles. The first-order chi connectivity index (χ1) is 9.92. The minimum Gasteiger partial charge on any atom is -0.485 e. The lowest BCUT2D eigenvalue weighted by Gasteiger charge is -2.26. The van der Waals surface area contributed by atoms with Gasteiger partial charge in [-0.2, -0.15) is 0 Å². The largest absolute Gasteiger partial charge is 0.485 e. The Kier molecular flexibility index (Phi) is 2.81. The molecule has 0 saturated heterocycles. The molecule has 0 fully saturated rings. The molecular formula is C14H15N3O3. The summed E-state index contributed by atoms with van der Waals surface area (Å²) in [6, 6.07) is 7.68. The van der Waals surface area contributed by atoms with E-state index in [0.717, 1.165) is 36.1 Å². The SMILES string of the molecule is c1ccc2c(c1)OCC(c1nnc3n1CCOCC3)O2. The van der Waals surface area contributed by atoms with Crippen molar-refractivity contribution in [1.82, 2.24) is 14.8 Å². The highest BCUT2D eigenvalue weighted by Crippen LogP contribution is 2.35. The van der Waals surface area contributed by atoms with Gasteiger partial charge in [-0.05, 0) is 12.1 Å². The summed E-state index contributed by atoms with van der Waals surface area (Å²) >= 11 is 0. The predicted molar refractivity (Wildman–Crippen MR) is 69.9 cm³/mol. The van der Waals surface area contributed by atoms with Crippen molar-refractivity contribution in [2.24, 2.45) is 0 Å². The molecule has 2 aromatic rings. The van der Waals surface area contributed by atoms with Crippen LogP contribution in [0, 0.1) is 0 Å². The van der Waals surface area contributed by atoms with Crippen LogP contribution in [-0.2, 0) is 17.7 Å².